The summed E-state index contributed by atoms with van der Waals surface area (Å²) >= 11 is 0. The van der Waals surface area contributed by atoms with E-state index in [2.05, 4.69) is 164 Å². The lowest BCUT2D eigenvalue weighted by atomic mass is 9.66. The molecule has 1 aliphatic heterocycles. The average Bonchev–Trinajstić information content (AvgIpc) is 3.86. The average molecular weight is 806 g/mol. The SMILES string of the molecule is c1ccc(-c2cccc(-c3cccc(-c4nc(-c5ccccc5)nc(-c5ccc6c(c5)oc5cc7c(cc56)-c5ccccc5C75c6ccccc6Oc6ccccc65)n4)c3)c2)cc1. The molecule has 1 spiro atoms. The van der Waals surface area contributed by atoms with Crippen LogP contribution in [0.25, 0.3) is 89.5 Å². The standard InChI is InChI=1S/C58H35N3O2/c1-3-15-36(16-4-1)38-19-13-20-39(31-38)40-21-14-22-41(32-40)56-59-55(37-17-5-2-6-18-37)60-57(61-56)42-29-30-44-46-34-45-43-23-7-8-24-47(43)58(50(45)35-54(46)63-53(44)33-42)48-25-9-11-27-51(48)62-52-28-12-10-26-49(52)58/h1-35H. The van der Waals surface area contributed by atoms with Crippen LogP contribution in [0.2, 0.25) is 0 Å². The number of benzene rings is 9. The van der Waals surface area contributed by atoms with E-state index in [-0.39, 0.29) is 0 Å². The molecule has 0 radical (unpaired) electrons. The summed E-state index contributed by atoms with van der Waals surface area (Å²) in [6, 6.07) is 74.2. The van der Waals surface area contributed by atoms with Gasteiger partial charge in [-0.15, -0.1) is 0 Å². The first kappa shape index (κ1) is 35.4. The summed E-state index contributed by atoms with van der Waals surface area (Å²) in [5, 5.41) is 2.09. The lowest BCUT2D eigenvalue weighted by molar-refractivity contribution is 0.436. The summed E-state index contributed by atoms with van der Waals surface area (Å²) < 4.78 is 13.4. The number of furan rings is 1. The molecule has 294 valence electrons. The van der Waals surface area contributed by atoms with E-state index in [1.54, 1.807) is 0 Å². The van der Waals surface area contributed by atoms with Crippen molar-refractivity contribution in [3.05, 3.63) is 235 Å². The van der Waals surface area contributed by atoms with Crippen molar-refractivity contribution in [2.75, 3.05) is 0 Å². The number of ether oxygens (including phenoxy) is 1. The van der Waals surface area contributed by atoms with Crippen LogP contribution in [0.1, 0.15) is 22.3 Å². The summed E-state index contributed by atoms with van der Waals surface area (Å²) in [4.78, 5) is 15.3. The van der Waals surface area contributed by atoms with E-state index in [1.807, 2.05) is 48.5 Å². The van der Waals surface area contributed by atoms with Crippen molar-refractivity contribution in [2.24, 2.45) is 0 Å². The van der Waals surface area contributed by atoms with Crippen LogP contribution in [0.3, 0.4) is 0 Å². The smallest absolute Gasteiger partial charge is 0.164 e. The van der Waals surface area contributed by atoms with Crippen LogP contribution in [0, 0.1) is 0 Å². The maximum Gasteiger partial charge on any atom is 0.164 e. The number of rotatable bonds is 5. The lowest BCUT2D eigenvalue weighted by Crippen LogP contribution is -2.32. The second-order valence-corrected chi connectivity index (χ2v) is 16.3. The first-order valence-corrected chi connectivity index (χ1v) is 21.2. The van der Waals surface area contributed by atoms with Gasteiger partial charge in [-0.05, 0) is 93.0 Å². The van der Waals surface area contributed by atoms with E-state index < -0.39 is 5.41 Å². The largest absolute Gasteiger partial charge is 0.457 e. The normalized spacial score (nSPS) is 13.0. The molecule has 5 nitrogen and oxygen atoms in total. The van der Waals surface area contributed by atoms with Gasteiger partial charge in [0.1, 0.15) is 22.7 Å². The van der Waals surface area contributed by atoms with Gasteiger partial charge in [0.2, 0.25) is 0 Å². The molecule has 13 rings (SSSR count). The van der Waals surface area contributed by atoms with Crippen LogP contribution >= 0.6 is 0 Å². The predicted octanol–water partition coefficient (Wildman–Crippen LogP) is 14.6. The molecule has 0 fully saturated rings. The fourth-order valence-electron chi connectivity index (χ4n) is 9.96. The van der Waals surface area contributed by atoms with Gasteiger partial charge >= 0.3 is 0 Å². The molecule has 2 aliphatic rings. The van der Waals surface area contributed by atoms with Crippen molar-refractivity contribution in [1.82, 2.24) is 15.0 Å². The molecule has 5 heteroatoms. The maximum absolute atomic E-state index is 6.88. The summed E-state index contributed by atoms with van der Waals surface area (Å²) in [6.07, 6.45) is 0. The Balaban J connectivity index is 0.955. The van der Waals surface area contributed by atoms with Gasteiger partial charge in [-0.3, -0.25) is 0 Å². The third-order valence-electron chi connectivity index (χ3n) is 12.8. The second-order valence-electron chi connectivity index (χ2n) is 16.3. The van der Waals surface area contributed by atoms with Crippen molar-refractivity contribution >= 4 is 21.9 Å². The van der Waals surface area contributed by atoms with E-state index in [1.165, 1.54) is 33.4 Å². The van der Waals surface area contributed by atoms with Gasteiger partial charge in [-0.2, -0.15) is 0 Å². The van der Waals surface area contributed by atoms with Gasteiger partial charge in [-0.1, -0.05) is 164 Å². The summed E-state index contributed by atoms with van der Waals surface area (Å²) in [7, 11) is 0. The molecule has 1 aliphatic carbocycles. The molecule has 0 atom stereocenters. The summed E-state index contributed by atoms with van der Waals surface area (Å²) in [5.74, 6) is 3.51. The van der Waals surface area contributed by atoms with Crippen LogP contribution in [0.15, 0.2) is 217 Å². The predicted molar refractivity (Wildman–Crippen MR) is 252 cm³/mol. The van der Waals surface area contributed by atoms with E-state index in [4.69, 9.17) is 24.1 Å². The van der Waals surface area contributed by atoms with Gasteiger partial charge in [0.05, 0.1) is 5.41 Å². The van der Waals surface area contributed by atoms with Gasteiger partial charge < -0.3 is 9.15 Å². The summed E-state index contributed by atoms with van der Waals surface area (Å²) in [5.41, 5.74) is 15.3. The van der Waals surface area contributed by atoms with Crippen LogP contribution in [-0.2, 0) is 5.41 Å². The molecule has 0 N–H and O–H groups in total. The minimum Gasteiger partial charge on any atom is -0.457 e. The number of hydrogen-bond donors (Lipinski definition) is 0. The number of para-hydroxylation sites is 2. The van der Waals surface area contributed by atoms with Crippen LogP contribution < -0.4 is 4.74 Å². The number of fused-ring (bicyclic) bond motifs is 12. The fraction of sp³-hybridized carbons (Fsp3) is 0.0172. The van der Waals surface area contributed by atoms with Crippen molar-refractivity contribution < 1.29 is 9.15 Å². The van der Waals surface area contributed by atoms with Crippen LogP contribution in [-0.4, -0.2) is 15.0 Å². The topological polar surface area (TPSA) is 61.0 Å². The molecule has 0 amide bonds. The Morgan fingerprint density at radius 2 is 0.794 bits per heavy atom. The highest BCUT2D eigenvalue weighted by Gasteiger charge is 2.51. The molecule has 0 unspecified atom stereocenters. The second kappa shape index (κ2) is 13.8. The van der Waals surface area contributed by atoms with Crippen LogP contribution in [0.4, 0.5) is 0 Å². The quantitative estimate of drug-likeness (QED) is 0.173. The number of hydrogen-bond acceptors (Lipinski definition) is 5. The summed E-state index contributed by atoms with van der Waals surface area (Å²) in [6.45, 7) is 0. The van der Waals surface area contributed by atoms with Crippen molar-refractivity contribution in [2.45, 2.75) is 5.41 Å². The van der Waals surface area contributed by atoms with Gasteiger partial charge in [0.15, 0.2) is 17.5 Å². The highest BCUT2D eigenvalue weighted by Crippen LogP contribution is 2.62. The molecule has 3 heterocycles. The van der Waals surface area contributed by atoms with Gasteiger partial charge in [-0.25, -0.2) is 15.0 Å². The number of nitrogens with zero attached hydrogens (tertiary/aromatic N) is 3. The Labute approximate surface area is 363 Å². The molecular formula is C58H35N3O2. The Kier molecular flexibility index (Phi) is 7.75. The lowest BCUT2D eigenvalue weighted by Gasteiger charge is -2.39. The Bertz CT molecular complexity index is 3570. The minimum absolute atomic E-state index is 0.573. The molecular weight excluding hydrogens is 771 g/mol. The zero-order chi connectivity index (χ0) is 41.5. The first-order valence-electron chi connectivity index (χ1n) is 21.2. The Morgan fingerprint density at radius 3 is 1.48 bits per heavy atom. The first-order chi connectivity index (χ1) is 31.2. The zero-order valence-corrected chi connectivity index (χ0v) is 33.9. The molecule has 63 heavy (non-hydrogen) atoms. The fourth-order valence-corrected chi connectivity index (χ4v) is 9.96. The molecule has 11 aromatic rings. The highest BCUT2D eigenvalue weighted by atomic mass is 16.5. The molecule has 0 saturated carbocycles. The third-order valence-corrected chi connectivity index (χ3v) is 12.8. The monoisotopic (exact) mass is 805 g/mol. The molecule has 0 saturated heterocycles. The molecule has 9 aromatic carbocycles. The van der Waals surface area contributed by atoms with Gasteiger partial charge in [0, 0.05) is 38.6 Å². The number of aromatic nitrogens is 3. The molecule has 0 bridgehead atoms. The van der Waals surface area contributed by atoms with E-state index in [0.717, 1.165) is 72.4 Å². The van der Waals surface area contributed by atoms with Crippen molar-refractivity contribution in [1.29, 1.82) is 0 Å². The van der Waals surface area contributed by atoms with Crippen molar-refractivity contribution in [3.8, 4) is 79.0 Å². The van der Waals surface area contributed by atoms with Gasteiger partial charge in [0.25, 0.3) is 0 Å². The van der Waals surface area contributed by atoms with E-state index in [9.17, 15) is 0 Å². The maximum atomic E-state index is 6.88. The molecule has 2 aromatic heterocycles. The highest BCUT2D eigenvalue weighted by molar-refractivity contribution is 6.09. The zero-order valence-electron chi connectivity index (χ0n) is 33.9. The van der Waals surface area contributed by atoms with Crippen molar-refractivity contribution in [3.63, 3.8) is 0 Å². The van der Waals surface area contributed by atoms with E-state index >= 15 is 0 Å². The van der Waals surface area contributed by atoms with E-state index in [0.29, 0.717) is 17.5 Å². The Morgan fingerprint density at radius 1 is 0.302 bits per heavy atom. The van der Waals surface area contributed by atoms with Crippen LogP contribution in [0.5, 0.6) is 11.5 Å². The minimum atomic E-state index is -0.577. The third kappa shape index (κ3) is 5.46. The Hall–Kier alpha value is -8.41.